The maximum atomic E-state index is 12.9. The molecule has 0 saturated carbocycles. The predicted octanol–water partition coefficient (Wildman–Crippen LogP) is 2.07. The molecule has 0 unspecified atom stereocenters. The molecule has 0 aliphatic carbocycles. The lowest BCUT2D eigenvalue weighted by molar-refractivity contribution is 0.0382. The molecule has 1 aromatic carbocycles. The summed E-state index contributed by atoms with van der Waals surface area (Å²) in [4.78, 5) is 17.8. The van der Waals surface area contributed by atoms with Crippen LogP contribution in [0.4, 0.5) is 0 Å². The van der Waals surface area contributed by atoms with Gasteiger partial charge in [0.15, 0.2) is 0 Å². The molecule has 1 atom stereocenters. The highest BCUT2D eigenvalue weighted by Crippen LogP contribution is 2.32. The molecule has 3 heterocycles. The number of para-hydroxylation sites is 1. The molecule has 1 aliphatic rings. The van der Waals surface area contributed by atoms with E-state index in [-0.39, 0.29) is 18.5 Å². The van der Waals surface area contributed by atoms with Crippen LogP contribution in [0.5, 0.6) is 0 Å². The molecule has 0 bridgehead atoms. The first-order chi connectivity index (χ1) is 12.0. The number of rotatable bonds is 3. The Morgan fingerprint density at radius 2 is 2.20 bits per heavy atom. The van der Waals surface area contributed by atoms with Gasteiger partial charge in [0.05, 0.1) is 23.8 Å². The number of hydrogen-bond donors (Lipinski definition) is 2. The lowest BCUT2D eigenvalue weighted by Crippen LogP contribution is -2.34. The number of aromatic amines is 1. The number of likely N-dealkylation sites (tertiary alicyclic amines) is 1. The number of benzene rings is 1. The van der Waals surface area contributed by atoms with E-state index in [4.69, 9.17) is 0 Å². The summed E-state index contributed by atoms with van der Waals surface area (Å²) in [5, 5.41) is 20.2. The van der Waals surface area contributed by atoms with Crippen molar-refractivity contribution in [1.29, 1.82) is 0 Å². The Morgan fingerprint density at radius 1 is 1.36 bits per heavy atom. The normalized spacial score (nSPS) is 20.7. The molecule has 25 heavy (non-hydrogen) atoms. The summed E-state index contributed by atoms with van der Waals surface area (Å²) in [5.74, 6) is -0.0831. The molecule has 0 spiro atoms. The van der Waals surface area contributed by atoms with Gasteiger partial charge in [0.1, 0.15) is 11.3 Å². The number of nitrogens with one attached hydrogen (secondary N) is 1. The summed E-state index contributed by atoms with van der Waals surface area (Å²) in [5.41, 5.74) is 0.827. The smallest absolute Gasteiger partial charge is 0.256 e. The molecule has 7 heteroatoms. The zero-order valence-corrected chi connectivity index (χ0v) is 14.3. The van der Waals surface area contributed by atoms with Crippen LogP contribution in [-0.4, -0.2) is 49.0 Å². The minimum absolute atomic E-state index is 0.0831. The number of aromatic nitrogens is 4. The second kappa shape index (κ2) is 5.70. The second-order valence-electron chi connectivity index (χ2n) is 6.93. The monoisotopic (exact) mass is 339 g/mol. The van der Waals surface area contributed by atoms with Crippen molar-refractivity contribution in [3.63, 3.8) is 0 Å². The van der Waals surface area contributed by atoms with Crippen LogP contribution in [0.2, 0.25) is 0 Å². The number of hydrogen-bond acceptors (Lipinski definition) is 4. The number of aliphatic hydroxyl groups is 1. The Balaban J connectivity index is 1.59. The van der Waals surface area contributed by atoms with Crippen LogP contribution in [-0.2, 0) is 5.60 Å². The number of β-amino-alcohol motifs (C(OH)–C–C–N with tert-alkyl or cyclic N) is 1. The van der Waals surface area contributed by atoms with Gasteiger partial charge in [0, 0.05) is 30.6 Å². The van der Waals surface area contributed by atoms with Gasteiger partial charge in [0.25, 0.3) is 5.91 Å². The molecular formula is C18H21N5O2. The molecule has 7 nitrogen and oxygen atoms in total. The molecule has 1 saturated heterocycles. The van der Waals surface area contributed by atoms with Crippen LogP contribution in [0.15, 0.2) is 36.7 Å². The van der Waals surface area contributed by atoms with E-state index >= 15 is 0 Å². The van der Waals surface area contributed by atoms with Crippen LogP contribution in [0.25, 0.3) is 10.9 Å². The van der Waals surface area contributed by atoms with Crippen molar-refractivity contribution >= 4 is 16.8 Å². The average Bonchev–Trinajstić information content (AvgIpc) is 3.32. The third kappa shape index (κ3) is 2.60. The topological polar surface area (TPSA) is 87.0 Å². The molecule has 4 rings (SSSR count). The molecule has 130 valence electrons. The molecule has 2 N–H and O–H groups in total. The standard InChI is InChI=1S/C18H21N5O2/c1-12(2)23-10-15(20-21-23)18(25)7-9-22(11-18)17(24)14-5-3-4-13-6-8-19-16(13)14/h3-6,8,10,12,19,25H,7,9,11H2,1-2H3/t18-/m1/s1. The third-order valence-electron chi connectivity index (χ3n) is 4.87. The van der Waals surface area contributed by atoms with Gasteiger partial charge >= 0.3 is 0 Å². The zero-order valence-electron chi connectivity index (χ0n) is 14.3. The van der Waals surface area contributed by atoms with Gasteiger partial charge in [-0.25, -0.2) is 4.68 Å². The fourth-order valence-corrected chi connectivity index (χ4v) is 3.35. The number of fused-ring (bicyclic) bond motifs is 1. The van der Waals surface area contributed by atoms with Crippen LogP contribution in [0.1, 0.15) is 42.4 Å². The number of carbonyl (C=O) groups is 1. The highest BCUT2D eigenvalue weighted by atomic mass is 16.3. The highest BCUT2D eigenvalue weighted by molar-refractivity contribution is 6.05. The summed E-state index contributed by atoms with van der Waals surface area (Å²) in [6.07, 6.45) is 4.05. The maximum absolute atomic E-state index is 12.9. The summed E-state index contributed by atoms with van der Waals surface area (Å²) >= 11 is 0. The van der Waals surface area contributed by atoms with Gasteiger partial charge in [-0.2, -0.15) is 0 Å². The van der Waals surface area contributed by atoms with Gasteiger partial charge in [0.2, 0.25) is 0 Å². The first-order valence-electron chi connectivity index (χ1n) is 8.48. The lowest BCUT2D eigenvalue weighted by Gasteiger charge is -2.21. The van der Waals surface area contributed by atoms with E-state index in [1.54, 1.807) is 15.8 Å². The van der Waals surface area contributed by atoms with Gasteiger partial charge in [-0.05, 0) is 26.0 Å². The van der Waals surface area contributed by atoms with Crippen molar-refractivity contribution in [2.24, 2.45) is 0 Å². The number of nitrogens with zero attached hydrogens (tertiary/aromatic N) is 4. The van der Waals surface area contributed by atoms with E-state index in [9.17, 15) is 9.90 Å². The van der Waals surface area contributed by atoms with Crippen LogP contribution in [0, 0.1) is 0 Å². The predicted molar refractivity (Wildman–Crippen MR) is 93.1 cm³/mol. The van der Waals surface area contributed by atoms with Crippen molar-refractivity contribution in [3.8, 4) is 0 Å². The van der Waals surface area contributed by atoms with Gasteiger partial charge in [-0.15, -0.1) is 5.10 Å². The zero-order chi connectivity index (χ0) is 17.6. The summed E-state index contributed by atoms with van der Waals surface area (Å²) < 4.78 is 1.72. The molecule has 2 aromatic heterocycles. The number of carbonyl (C=O) groups excluding carboxylic acids is 1. The molecule has 3 aromatic rings. The Morgan fingerprint density at radius 3 is 2.96 bits per heavy atom. The van der Waals surface area contributed by atoms with E-state index in [1.165, 1.54) is 0 Å². The number of amides is 1. The molecule has 0 radical (unpaired) electrons. The van der Waals surface area contributed by atoms with E-state index in [2.05, 4.69) is 15.3 Å². The van der Waals surface area contributed by atoms with Crippen molar-refractivity contribution in [2.45, 2.75) is 31.9 Å². The largest absolute Gasteiger partial charge is 0.381 e. The summed E-state index contributed by atoms with van der Waals surface area (Å²) in [6.45, 7) is 4.72. The fraction of sp³-hybridized carbons (Fsp3) is 0.389. The lowest BCUT2D eigenvalue weighted by atomic mass is 10.00. The molecule has 1 aliphatic heterocycles. The van der Waals surface area contributed by atoms with Crippen molar-refractivity contribution in [2.75, 3.05) is 13.1 Å². The minimum atomic E-state index is -1.15. The van der Waals surface area contributed by atoms with Crippen molar-refractivity contribution in [3.05, 3.63) is 47.9 Å². The van der Waals surface area contributed by atoms with Gasteiger partial charge in [-0.1, -0.05) is 17.3 Å². The van der Waals surface area contributed by atoms with Crippen LogP contribution < -0.4 is 0 Å². The van der Waals surface area contributed by atoms with Crippen LogP contribution >= 0.6 is 0 Å². The Kier molecular flexibility index (Phi) is 3.61. The minimum Gasteiger partial charge on any atom is -0.381 e. The Hall–Kier alpha value is -2.67. The molecule has 1 amide bonds. The maximum Gasteiger partial charge on any atom is 0.256 e. The second-order valence-corrected chi connectivity index (χ2v) is 6.93. The Bertz CT molecular complexity index is 928. The summed E-state index contributed by atoms with van der Waals surface area (Å²) in [6, 6.07) is 7.77. The van der Waals surface area contributed by atoms with E-state index in [0.29, 0.717) is 24.2 Å². The number of H-pyrrole nitrogens is 1. The first-order valence-corrected chi connectivity index (χ1v) is 8.48. The average molecular weight is 339 g/mol. The molecular weight excluding hydrogens is 318 g/mol. The first kappa shape index (κ1) is 15.8. The highest BCUT2D eigenvalue weighted by Gasteiger charge is 2.42. The fourth-order valence-electron chi connectivity index (χ4n) is 3.35. The molecule has 1 fully saturated rings. The van der Waals surface area contributed by atoms with Gasteiger partial charge in [-0.3, -0.25) is 4.79 Å². The summed E-state index contributed by atoms with van der Waals surface area (Å²) in [7, 11) is 0. The van der Waals surface area contributed by atoms with E-state index < -0.39 is 5.60 Å². The van der Waals surface area contributed by atoms with E-state index in [1.807, 2.05) is 44.3 Å². The van der Waals surface area contributed by atoms with Crippen LogP contribution in [0.3, 0.4) is 0 Å². The third-order valence-corrected chi connectivity index (χ3v) is 4.87. The quantitative estimate of drug-likeness (QED) is 0.765. The van der Waals surface area contributed by atoms with E-state index in [0.717, 1.165) is 10.9 Å². The van der Waals surface area contributed by atoms with Crippen molar-refractivity contribution < 1.29 is 9.90 Å². The van der Waals surface area contributed by atoms with Gasteiger partial charge < -0.3 is 15.0 Å². The SMILES string of the molecule is CC(C)n1cc([C@@]2(O)CCN(C(=O)c3cccc4cc[nH]c34)C2)nn1. The Labute approximate surface area is 145 Å². The van der Waals surface area contributed by atoms with Crippen molar-refractivity contribution in [1.82, 2.24) is 24.9 Å².